The van der Waals surface area contributed by atoms with Gasteiger partial charge in [-0.25, -0.2) is 4.79 Å². The maximum Gasteiger partial charge on any atom is 0.338 e. The van der Waals surface area contributed by atoms with Gasteiger partial charge in [0.2, 0.25) is 0 Å². The SMILES string of the molecule is CC(C)(C)OC(=O)c1ccc(CNCC2CCOCC2)cc1. The third-order valence-electron chi connectivity index (χ3n) is 3.69. The Labute approximate surface area is 133 Å². The first-order valence-corrected chi connectivity index (χ1v) is 8.05. The molecule has 122 valence electrons. The van der Waals surface area contributed by atoms with Crippen molar-refractivity contribution in [3.8, 4) is 0 Å². The van der Waals surface area contributed by atoms with Gasteiger partial charge in [-0.05, 0) is 63.8 Å². The highest BCUT2D eigenvalue weighted by atomic mass is 16.6. The van der Waals surface area contributed by atoms with Gasteiger partial charge in [-0.15, -0.1) is 0 Å². The van der Waals surface area contributed by atoms with Crippen molar-refractivity contribution in [2.24, 2.45) is 5.92 Å². The number of benzene rings is 1. The summed E-state index contributed by atoms with van der Waals surface area (Å²) in [7, 11) is 0. The summed E-state index contributed by atoms with van der Waals surface area (Å²) in [6.45, 7) is 9.25. The Morgan fingerprint density at radius 3 is 2.45 bits per heavy atom. The monoisotopic (exact) mass is 305 g/mol. The molecule has 1 heterocycles. The molecule has 4 nitrogen and oxygen atoms in total. The molecule has 0 atom stereocenters. The standard InChI is InChI=1S/C18H27NO3/c1-18(2,3)22-17(20)16-6-4-14(5-7-16)12-19-13-15-8-10-21-11-9-15/h4-7,15,19H,8-13H2,1-3H3. The zero-order chi connectivity index (χ0) is 16.0. The van der Waals surface area contributed by atoms with E-state index in [4.69, 9.17) is 9.47 Å². The Hall–Kier alpha value is -1.39. The van der Waals surface area contributed by atoms with Crippen LogP contribution in [0, 0.1) is 5.92 Å². The molecule has 0 unspecified atom stereocenters. The van der Waals surface area contributed by atoms with Crippen LogP contribution in [0.3, 0.4) is 0 Å². The number of hydrogen-bond donors (Lipinski definition) is 1. The van der Waals surface area contributed by atoms with E-state index in [1.165, 1.54) is 5.56 Å². The number of esters is 1. The quantitative estimate of drug-likeness (QED) is 0.849. The maximum atomic E-state index is 11.9. The first-order valence-electron chi connectivity index (χ1n) is 8.05. The summed E-state index contributed by atoms with van der Waals surface area (Å²) in [6, 6.07) is 7.63. The molecule has 1 saturated heterocycles. The van der Waals surface area contributed by atoms with Crippen molar-refractivity contribution in [1.29, 1.82) is 0 Å². The Bertz CT molecular complexity index is 470. The average Bonchev–Trinajstić information content (AvgIpc) is 2.47. The summed E-state index contributed by atoms with van der Waals surface area (Å²) in [5.74, 6) is 0.448. The van der Waals surface area contributed by atoms with Crippen LogP contribution in [0.4, 0.5) is 0 Å². The Morgan fingerprint density at radius 2 is 1.86 bits per heavy atom. The van der Waals surface area contributed by atoms with Crippen LogP contribution in [0.5, 0.6) is 0 Å². The third kappa shape index (κ3) is 5.78. The molecule has 4 heteroatoms. The van der Waals surface area contributed by atoms with Gasteiger partial charge in [-0.2, -0.15) is 0 Å². The van der Waals surface area contributed by atoms with Crippen LogP contribution in [-0.4, -0.2) is 31.3 Å². The van der Waals surface area contributed by atoms with Crippen LogP contribution in [-0.2, 0) is 16.0 Å². The highest BCUT2D eigenvalue weighted by molar-refractivity contribution is 5.89. The molecular formula is C18H27NO3. The normalized spacial score (nSPS) is 16.5. The molecule has 1 aromatic carbocycles. The fraction of sp³-hybridized carbons (Fsp3) is 0.611. The van der Waals surface area contributed by atoms with Gasteiger partial charge in [0.25, 0.3) is 0 Å². The first kappa shape index (κ1) is 17.0. The molecule has 0 amide bonds. The molecule has 1 fully saturated rings. The molecule has 1 aliphatic rings. The molecule has 1 aliphatic heterocycles. The predicted octanol–water partition coefficient (Wildman–Crippen LogP) is 3.16. The van der Waals surface area contributed by atoms with Crippen LogP contribution < -0.4 is 5.32 Å². The zero-order valence-corrected chi connectivity index (χ0v) is 13.9. The molecule has 1 N–H and O–H groups in total. The Balaban J connectivity index is 1.77. The highest BCUT2D eigenvalue weighted by Gasteiger charge is 2.17. The second-order valence-corrected chi connectivity index (χ2v) is 6.89. The minimum atomic E-state index is -0.457. The summed E-state index contributed by atoms with van der Waals surface area (Å²) in [6.07, 6.45) is 2.29. The van der Waals surface area contributed by atoms with Crippen molar-refractivity contribution in [2.75, 3.05) is 19.8 Å². The van der Waals surface area contributed by atoms with Crippen molar-refractivity contribution in [3.63, 3.8) is 0 Å². The van der Waals surface area contributed by atoms with Gasteiger partial charge < -0.3 is 14.8 Å². The third-order valence-corrected chi connectivity index (χ3v) is 3.69. The molecule has 0 spiro atoms. The van der Waals surface area contributed by atoms with Gasteiger partial charge >= 0.3 is 5.97 Å². The van der Waals surface area contributed by atoms with Crippen LogP contribution >= 0.6 is 0 Å². The van der Waals surface area contributed by atoms with Gasteiger partial charge in [0, 0.05) is 19.8 Å². The van der Waals surface area contributed by atoms with E-state index in [0.29, 0.717) is 5.56 Å². The topological polar surface area (TPSA) is 47.6 Å². The molecule has 0 saturated carbocycles. The summed E-state index contributed by atoms with van der Waals surface area (Å²) >= 11 is 0. The van der Waals surface area contributed by atoms with Crippen LogP contribution in [0.1, 0.15) is 49.5 Å². The average molecular weight is 305 g/mol. The van der Waals surface area contributed by atoms with Crippen LogP contribution in [0.15, 0.2) is 24.3 Å². The maximum absolute atomic E-state index is 11.9. The van der Waals surface area contributed by atoms with E-state index in [1.54, 1.807) is 0 Å². The van der Waals surface area contributed by atoms with Crippen LogP contribution in [0.2, 0.25) is 0 Å². The van der Waals surface area contributed by atoms with Crippen molar-refractivity contribution >= 4 is 5.97 Å². The molecule has 2 rings (SSSR count). The van der Waals surface area contributed by atoms with Crippen molar-refractivity contribution in [2.45, 2.75) is 45.8 Å². The lowest BCUT2D eigenvalue weighted by molar-refractivity contribution is 0.00695. The van der Waals surface area contributed by atoms with E-state index in [1.807, 2.05) is 45.0 Å². The largest absolute Gasteiger partial charge is 0.456 e. The number of carbonyl (C=O) groups is 1. The molecular weight excluding hydrogens is 278 g/mol. The van der Waals surface area contributed by atoms with E-state index < -0.39 is 5.60 Å². The van der Waals surface area contributed by atoms with Gasteiger partial charge in [0.05, 0.1) is 5.56 Å². The van der Waals surface area contributed by atoms with E-state index in [-0.39, 0.29) is 5.97 Å². The number of hydrogen-bond acceptors (Lipinski definition) is 4. The summed E-state index contributed by atoms with van der Waals surface area (Å²) in [4.78, 5) is 11.9. The van der Waals surface area contributed by atoms with E-state index in [0.717, 1.165) is 45.1 Å². The lowest BCUT2D eigenvalue weighted by Crippen LogP contribution is -2.27. The van der Waals surface area contributed by atoms with Crippen molar-refractivity contribution in [1.82, 2.24) is 5.32 Å². The van der Waals surface area contributed by atoms with Crippen LogP contribution in [0.25, 0.3) is 0 Å². The molecule has 1 aromatic rings. The number of rotatable bonds is 5. The smallest absolute Gasteiger partial charge is 0.338 e. The summed E-state index contributed by atoms with van der Waals surface area (Å²) in [5, 5.41) is 3.49. The molecule has 0 aromatic heterocycles. The number of carbonyl (C=O) groups excluding carboxylic acids is 1. The molecule has 22 heavy (non-hydrogen) atoms. The second kappa shape index (κ2) is 7.75. The zero-order valence-electron chi connectivity index (χ0n) is 13.9. The lowest BCUT2D eigenvalue weighted by atomic mass is 10.0. The predicted molar refractivity (Wildman–Crippen MR) is 86.9 cm³/mol. The van der Waals surface area contributed by atoms with E-state index in [2.05, 4.69) is 5.32 Å². The van der Waals surface area contributed by atoms with E-state index >= 15 is 0 Å². The highest BCUT2D eigenvalue weighted by Crippen LogP contribution is 2.14. The first-order chi connectivity index (χ1) is 10.4. The summed E-state index contributed by atoms with van der Waals surface area (Å²) < 4.78 is 10.7. The van der Waals surface area contributed by atoms with Gasteiger partial charge in [0.1, 0.15) is 5.60 Å². The van der Waals surface area contributed by atoms with Crippen molar-refractivity contribution < 1.29 is 14.3 Å². The molecule has 0 radical (unpaired) electrons. The van der Waals surface area contributed by atoms with Gasteiger partial charge in [-0.3, -0.25) is 0 Å². The Kier molecular flexibility index (Phi) is 5.98. The number of ether oxygens (including phenoxy) is 2. The molecule has 0 aliphatic carbocycles. The second-order valence-electron chi connectivity index (χ2n) is 6.89. The van der Waals surface area contributed by atoms with E-state index in [9.17, 15) is 4.79 Å². The van der Waals surface area contributed by atoms with Crippen molar-refractivity contribution in [3.05, 3.63) is 35.4 Å². The minimum Gasteiger partial charge on any atom is -0.456 e. The minimum absolute atomic E-state index is 0.269. The Morgan fingerprint density at radius 1 is 1.23 bits per heavy atom. The number of nitrogens with one attached hydrogen (secondary N) is 1. The summed E-state index contributed by atoms with van der Waals surface area (Å²) in [5.41, 5.74) is 1.32. The van der Waals surface area contributed by atoms with Gasteiger partial charge in [-0.1, -0.05) is 12.1 Å². The lowest BCUT2D eigenvalue weighted by Gasteiger charge is -2.22. The fourth-order valence-electron chi connectivity index (χ4n) is 2.47. The molecule has 0 bridgehead atoms. The van der Waals surface area contributed by atoms with Gasteiger partial charge in [0.15, 0.2) is 0 Å². The fourth-order valence-corrected chi connectivity index (χ4v) is 2.47.